The highest BCUT2D eigenvalue weighted by atomic mass is 79.9. The minimum absolute atomic E-state index is 0.0347. The van der Waals surface area contributed by atoms with E-state index in [1.165, 1.54) is 16.0 Å². The second-order valence-electron chi connectivity index (χ2n) is 4.42. The molecule has 9 heteroatoms. The molecule has 0 spiro atoms. The Balaban J connectivity index is 2.00. The lowest BCUT2D eigenvalue weighted by Crippen LogP contribution is -2.27. The van der Waals surface area contributed by atoms with E-state index in [9.17, 15) is 14.9 Å². The summed E-state index contributed by atoms with van der Waals surface area (Å²) in [6.07, 6.45) is 0. The van der Waals surface area contributed by atoms with E-state index >= 15 is 0 Å². The molecule has 1 N–H and O–H groups in total. The van der Waals surface area contributed by atoms with Crippen molar-refractivity contribution in [1.29, 1.82) is 0 Å². The van der Waals surface area contributed by atoms with Gasteiger partial charge in [0.05, 0.1) is 15.3 Å². The first kappa shape index (κ1) is 15.6. The van der Waals surface area contributed by atoms with E-state index in [-0.39, 0.29) is 18.1 Å². The molecule has 21 heavy (non-hydrogen) atoms. The average Bonchev–Trinajstić information content (AvgIpc) is 2.91. The van der Waals surface area contributed by atoms with Crippen molar-refractivity contribution in [3.63, 3.8) is 0 Å². The Hall–Kier alpha value is -1.74. The molecular weight excluding hydrogens is 360 g/mol. The highest BCUT2D eigenvalue weighted by Crippen LogP contribution is 2.22. The van der Waals surface area contributed by atoms with Crippen LogP contribution in [0.5, 0.6) is 0 Å². The van der Waals surface area contributed by atoms with E-state index in [0.717, 1.165) is 8.66 Å². The molecule has 0 atom stereocenters. The number of rotatable bonds is 5. The number of nitrogens with one attached hydrogen (secondary N) is 1. The Morgan fingerprint density at radius 1 is 1.52 bits per heavy atom. The first-order valence-corrected chi connectivity index (χ1v) is 7.68. The van der Waals surface area contributed by atoms with E-state index in [1.54, 1.807) is 13.8 Å². The Kier molecular flexibility index (Phi) is 4.73. The number of halogens is 1. The average molecular weight is 373 g/mol. The summed E-state index contributed by atoms with van der Waals surface area (Å²) in [5, 5.41) is 17.7. The molecule has 0 radical (unpaired) electrons. The lowest BCUT2D eigenvalue weighted by molar-refractivity contribution is -0.386. The Morgan fingerprint density at radius 2 is 2.24 bits per heavy atom. The van der Waals surface area contributed by atoms with Crippen molar-refractivity contribution in [2.45, 2.75) is 26.9 Å². The summed E-state index contributed by atoms with van der Waals surface area (Å²) >= 11 is 4.89. The molecule has 1 amide bonds. The molecule has 2 rings (SSSR count). The zero-order valence-electron chi connectivity index (χ0n) is 11.4. The van der Waals surface area contributed by atoms with Crippen LogP contribution in [-0.2, 0) is 17.9 Å². The molecule has 0 aliphatic carbocycles. The quantitative estimate of drug-likeness (QED) is 0.644. The van der Waals surface area contributed by atoms with Crippen LogP contribution in [0.4, 0.5) is 5.69 Å². The summed E-state index contributed by atoms with van der Waals surface area (Å²) in [5.74, 6) is -0.236. The van der Waals surface area contributed by atoms with Gasteiger partial charge in [-0.3, -0.25) is 19.6 Å². The Morgan fingerprint density at radius 3 is 2.76 bits per heavy atom. The molecule has 2 heterocycles. The molecule has 112 valence electrons. The van der Waals surface area contributed by atoms with Crippen molar-refractivity contribution in [3.05, 3.63) is 42.3 Å². The molecule has 2 aromatic rings. The van der Waals surface area contributed by atoms with Crippen LogP contribution >= 0.6 is 27.3 Å². The zero-order chi connectivity index (χ0) is 15.6. The highest BCUT2D eigenvalue weighted by molar-refractivity contribution is 9.11. The molecule has 0 aliphatic rings. The van der Waals surface area contributed by atoms with Gasteiger partial charge in [0.1, 0.15) is 17.9 Å². The van der Waals surface area contributed by atoms with Gasteiger partial charge in [0.2, 0.25) is 5.91 Å². The molecule has 0 unspecified atom stereocenters. The molecule has 0 aromatic carbocycles. The lowest BCUT2D eigenvalue weighted by atomic mass is 10.3. The van der Waals surface area contributed by atoms with Gasteiger partial charge in [-0.1, -0.05) is 0 Å². The lowest BCUT2D eigenvalue weighted by Gasteiger charge is -2.05. The largest absolute Gasteiger partial charge is 0.350 e. The number of amides is 1. The second-order valence-corrected chi connectivity index (χ2v) is 6.96. The van der Waals surface area contributed by atoms with Gasteiger partial charge in [0.15, 0.2) is 0 Å². The fourth-order valence-corrected chi connectivity index (χ4v) is 3.35. The number of aromatic nitrogens is 2. The second kappa shape index (κ2) is 6.35. The normalized spacial score (nSPS) is 10.6. The number of carbonyl (C=O) groups is 1. The van der Waals surface area contributed by atoms with E-state index in [4.69, 9.17) is 0 Å². The summed E-state index contributed by atoms with van der Waals surface area (Å²) in [5.41, 5.74) is 0.656. The highest BCUT2D eigenvalue weighted by Gasteiger charge is 2.22. The number of nitrogens with zero attached hydrogens (tertiary/aromatic N) is 3. The van der Waals surface area contributed by atoms with Crippen molar-refractivity contribution in [1.82, 2.24) is 15.1 Å². The minimum atomic E-state index is -0.477. The number of thiophene rings is 1. The molecule has 0 saturated carbocycles. The Labute approximate surface area is 133 Å². The van der Waals surface area contributed by atoms with Crippen LogP contribution in [0.1, 0.15) is 16.3 Å². The molecule has 0 saturated heterocycles. The number of carbonyl (C=O) groups excluding carboxylic acids is 1. The maximum atomic E-state index is 11.9. The first-order valence-electron chi connectivity index (χ1n) is 6.07. The van der Waals surface area contributed by atoms with E-state index in [0.29, 0.717) is 17.9 Å². The summed E-state index contributed by atoms with van der Waals surface area (Å²) in [6.45, 7) is 3.54. The monoisotopic (exact) mass is 372 g/mol. The molecular formula is C12H13BrN4O3S. The first-order chi connectivity index (χ1) is 9.88. The molecule has 0 aliphatic heterocycles. The van der Waals surface area contributed by atoms with E-state index < -0.39 is 4.92 Å². The predicted molar refractivity (Wildman–Crippen MR) is 82.2 cm³/mol. The van der Waals surface area contributed by atoms with Gasteiger partial charge in [-0.15, -0.1) is 11.3 Å². The summed E-state index contributed by atoms with van der Waals surface area (Å²) < 4.78 is 2.36. The van der Waals surface area contributed by atoms with Gasteiger partial charge < -0.3 is 5.32 Å². The number of aryl methyl sites for hydroxylation is 1. The van der Waals surface area contributed by atoms with Crippen molar-refractivity contribution < 1.29 is 9.72 Å². The third-order valence-electron chi connectivity index (χ3n) is 2.91. The van der Waals surface area contributed by atoms with Gasteiger partial charge in [-0.05, 0) is 41.9 Å². The molecule has 0 fully saturated rings. The van der Waals surface area contributed by atoms with E-state index in [1.807, 2.05) is 12.1 Å². The minimum Gasteiger partial charge on any atom is -0.350 e. The van der Waals surface area contributed by atoms with Gasteiger partial charge in [-0.25, -0.2) is 0 Å². The van der Waals surface area contributed by atoms with Crippen molar-refractivity contribution >= 4 is 38.9 Å². The smallest absolute Gasteiger partial charge is 0.312 e. The molecule has 2 aromatic heterocycles. The third-order valence-corrected chi connectivity index (χ3v) is 4.53. The summed E-state index contributed by atoms with van der Waals surface area (Å²) in [4.78, 5) is 23.3. The standard InChI is InChI=1S/C12H13BrN4O3S/c1-7-12(17(19)20)8(2)16(15-7)6-11(18)14-5-9-3-4-10(13)21-9/h3-4H,5-6H2,1-2H3,(H,14,18). The Bertz CT molecular complexity index is 695. The molecule has 7 nitrogen and oxygen atoms in total. The van der Waals surface area contributed by atoms with Gasteiger partial charge in [0.25, 0.3) is 0 Å². The SMILES string of the molecule is Cc1nn(CC(=O)NCc2ccc(Br)s2)c(C)c1[N+](=O)[O-]. The van der Waals surface area contributed by atoms with Gasteiger partial charge in [0, 0.05) is 4.88 Å². The topological polar surface area (TPSA) is 90.1 Å². The predicted octanol–water partition coefficient (Wildman–Crippen LogP) is 2.55. The van der Waals surface area contributed by atoms with Crippen LogP contribution in [0.15, 0.2) is 15.9 Å². The van der Waals surface area contributed by atoms with Crippen LogP contribution < -0.4 is 5.32 Å². The van der Waals surface area contributed by atoms with Crippen molar-refractivity contribution in [2.24, 2.45) is 0 Å². The van der Waals surface area contributed by atoms with Crippen LogP contribution in [0.25, 0.3) is 0 Å². The third kappa shape index (κ3) is 3.67. The maximum absolute atomic E-state index is 11.9. The van der Waals surface area contributed by atoms with Crippen LogP contribution in [-0.4, -0.2) is 20.6 Å². The summed E-state index contributed by atoms with van der Waals surface area (Å²) in [7, 11) is 0. The fourth-order valence-electron chi connectivity index (χ4n) is 1.93. The van der Waals surface area contributed by atoms with Crippen LogP contribution in [0, 0.1) is 24.0 Å². The number of hydrogen-bond donors (Lipinski definition) is 1. The van der Waals surface area contributed by atoms with Crippen LogP contribution in [0.3, 0.4) is 0 Å². The molecule has 0 bridgehead atoms. The van der Waals surface area contributed by atoms with Gasteiger partial charge in [-0.2, -0.15) is 5.10 Å². The summed E-state index contributed by atoms with van der Waals surface area (Å²) in [6, 6.07) is 3.83. The zero-order valence-corrected chi connectivity index (χ0v) is 13.8. The van der Waals surface area contributed by atoms with Crippen LogP contribution in [0.2, 0.25) is 0 Å². The fraction of sp³-hybridized carbons (Fsp3) is 0.333. The van der Waals surface area contributed by atoms with Crippen molar-refractivity contribution in [2.75, 3.05) is 0 Å². The number of hydrogen-bond acceptors (Lipinski definition) is 5. The number of nitro groups is 1. The van der Waals surface area contributed by atoms with E-state index in [2.05, 4.69) is 26.3 Å². The van der Waals surface area contributed by atoms with Crippen molar-refractivity contribution in [3.8, 4) is 0 Å². The maximum Gasteiger partial charge on any atom is 0.312 e. The van der Waals surface area contributed by atoms with Gasteiger partial charge >= 0.3 is 5.69 Å².